The van der Waals surface area contributed by atoms with Crippen molar-refractivity contribution in [2.24, 2.45) is 7.05 Å². The summed E-state index contributed by atoms with van der Waals surface area (Å²) in [6.07, 6.45) is 0.473. The first kappa shape index (κ1) is 15.2. The van der Waals surface area contributed by atoms with Crippen molar-refractivity contribution < 1.29 is 9.72 Å². The molecule has 1 saturated heterocycles. The van der Waals surface area contributed by atoms with Crippen LogP contribution in [0.4, 0.5) is 11.5 Å². The lowest BCUT2D eigenvalue weighted by atomic mass is 10.1. The third-order valence-corrected chi connectivity index (χ3v) is 3.64. The van der Waals surface area contributed by atoms with Gasteiger partial charge in [0.15, 0.2) is 0 Å². The fourth-order valence-electron chi connectivity index (χ4n) is 2.66. The van der Waals surface area contributed by atoms with Gasteiger partial charge in [-0.05, 0) is 6.42 Å². The molecule has 9 heteroatoms. The summed E-state index contributed by atoms with van der Waals surface area (Å²) < 4.78 is 1.50. The van der Waals surface area contributed by atoms with Crippen molar-refractivity contribution in [1.29, 1.82) is 0 Å². The van der Waals surface area contributed by atoms with E-state index in [1.54, 1.807) is 19.0 Å². The Balaban J connectivity index is 2.50. The van der Waals surface area contributed by atoms with Crippen molar-refractivity contribution in [3.05, 3.63) is 15.8 Å². The van der Waals surface area contributed by atoms with Crippen molar-refractivity contribution in [3.8, 4) is 0 Å². The van der Waals surface area contributed by atoms with Gasteiger partial charge in [0, 0.05) is 33.7 Å². The fourth-order valence-corrected chi connectivity index (χ4v) is 2.66. The molecule has 1 aliphatic heterocycles. The summed E-state index contributed by atoms with van der Waals surface area (Å²) in [5.41, 5.74) is 0.433. The van der Waals surface area contributed by atoms with Gasteiger partial charge >= 0.3 is 5.69 Å². The number of amides is 1. The Labute approximate surface area is 122 Å². The van der Waals surface area contributed by atoms with E-state index in [1.165, 1.54) is 4.68 Å². The molecule has 1 atom stereocenters. The van der Waals surface area contributed by atoms with E-state index in [4.69, 9.17) is 0 Å². The molecule has 1 unspecified atom stereocenters. The lowest BCUT2D eigenvalue weighted by molar-refractivity contribution is -0.384. The molecule has 116 valence electrons. The van der Waals surface area contributed by atoms with Gasteiger partial charge in [-0.15, -0.1) is 0 Å². The minimum Gasteiger partial charge on any atom is -0.357 e. The molecule has 0 radical (unpaired) electrons. The third kappa shape index (κ3) is 2.68. The molecule has 2 rings (SSSR count). The van der Waals surface area contributed by atoms with E-state index in [2.05, 4.69) is 15.7 Å². The maximum atomic E-state index is 12.0. The van der Waals surface area contributed by atoms with Crippen molar-refractivity contribution in [2.45, 2.75) is 19.4 Å². The van der Waals surface area contributed by atoms with Crippen molar-refractivity contribution >= 4 is 17.4 Å². The predicted molar refractivity (Wildman–Crippen MR) is 77.3 cm³/mol. The number of hydrogen-bond acceptors (Lipinski definition) is 6. The Morgan fingerprint density at radius 3 is 2.90 bits per heavy atom. The molecule has 1 amide bonds. The van der Waals surface area contributed by atoms with E-state index in [0.29, 0.717) is 37.6 Å². The van der Waals surface area contributed by atoms with Crippen LogP contribution in [-0.2, 0) is 18.3 Å². The summed E-state index contributed by atoms with van der Waals surface area (Å²) in [6.45, 7) is 3.45. The lowest BCUT2D eigenvalue weighted by Crippen LogP contribution is -2.58. The summed E-state index contributed by atoms with van der Waals surface area (Å²) in [4.78, 5) is 24.8. The zero-order chi connectivity index (χ0) is 15.6. The molecule has 9 nitrogen and oxygen atoms in total. The van der Waals surface area contributed by atoms with E-state index in [9.17, 15) is 14.9 Å². The topological polar surface area (TPSA) is 105 Å². The Morgan fingerprint density at radius 1 is 1.62 bits per heavy atom. The molecule has 0 spiro atoms. The number of likely N-dealkylation sites (N-methyl/N-ethyl adjacent to an activating group) is 1. The van der Waals surface area contributed by atoms with Crippen LogP contribution in [0.2, 0.25) is 0 Å². The maximum Gasteiger partial charge on any atom is 0.334 e. The van der Waals surface area contributed by atoms with Crippen LogP contribution >= 0.6 is 0 Å². The highest BCUT2D eigenvalue weighted by molar-refractivity contribution is 5.86. The second-order valence-corrected chi connectivity index (χ2v) is 4.88. The fraction of sp³-hybridized carbons (Fsp3) is 0.667. The number of nitrogens with one attached hydrogen (secondary N) is 2. The molecule has 0 saturated carbocycles. The lowest BCUT2D eigenvalue weighted by Gasteiger charge is -2.35. The molecule has 2 heterocycles. The van der Waals surface area contributed by atoms with Gasteiger partial charge in [0.25, 0.3) is 0 Å². The van der Waals surface area contributed by atoms with Gasteiger partial charge in [0.2, 0.25) is 11.7 Å². The summed E-state index contributed by atoms with van der Waals surface area (Å²) in [5.74, 6) is 0.225. The van der Waals surface area contributed by atoms with Crippen LogP contribution in [0, 0.1) is 10.1 Å². The third-order valence-electron chi connectivity index (χ3n) is 3.64. The van der Waals surface area contributed by atoms with E-state index >= 15 is 0 Å². The molecule has 1 aliphatic rings. The molecule has 1 fully saturated rings. The number of carbonyl (C=O) groups is 1. The summed E-state index contributed by atoms with van der Waals surface area (Å²) in [7, 11) is 3.23. The molecule has 0 aliphatic carbocycles. The van der Waals surface area contributed by atoms with Crippen LogP contribution in [0.1, 0.15) is 12.6 Å². The van der Waals surface area contributed by atoms with Crippen molar-refractivity contribution in [3.63, 3.8) is 0 Å². The summed E-state index contributed by atoms with van der Waals surface area (Å²) in [5, 5.41) is 21.4. The maximum absolute atomic E-state index is 12.0. The normalized spacial score (nSPS) is 18.6. The van der Waals surface area contributed by atoms with E-state index < -0.39 is 11.0 Å². The van der Waals surface area contributed by atoms with E-state index in [-0.39, 0.29) is 11.6 Å². The first-order chi connectivity index (χ1) is 10.0. The first-order valence-corrected chi connectivity index (χ1v) is 6.90. The average molecular weight is 296 g/mol. The zero-order valence-corrected chi connectivity index (χ0v) is 12.4. The van der Waals surface area contributed by atoms with E-state index in [1.807, 2.05) is 6.92 Å². The van der Waals surface area contributed by atoms with Crippen LogP contribution in [0.15, 0.2) is 0 Å². The molecule has 21 heavy (non-hydrogen) atoms. The quantitative estimate of drug-likeness (QED) is 0.568. The Kier molecular flexibility index (Phi) is 4.41. The van der Waals surface area contributed by atoms with Crippen LogP contribution in [0.3, 0.4) is 0 Å². The van der Waals surface area contributed by atoms with Gasteiger partial charge in [-0.25, -0.2) is 4.68 Å². The van der Waals surface area contributed by atoms with Crippen molar-refractivity contribution in [2.75, 3.05) is 31.6 Å². The first-order valence-electron chi connectivity index (χ1n) is 6.90. The molecule has 1 aromatic rings. The molecule has 0 bridgehead atoms. The number of aryl methyl sites for hydroxylation is 2. The largest absolute Gasteiger partial charge is 0.357 e. The molecule has 0 aromatic carbocycles. The highest BCUT2D eigenvalue weighted by Gasteiger charge is 2.36. The van der Waals surface area contributed by atoms with Crippen LogP contribution < -0.4 is 15.5 Å². The Morgan fingerprint density at radius 2 is 2.33 bits per heavy atom. The predicted octanol–water partition coefficient (Wildman–Crippen LogP) is -0.585. The minimum atomic E-state index is -0.484. The van der Waals surface area contributed by atoms with Crippen molar-refractivity contribution in [1.82, 2.24) is 20.4 Å². The van der Waals surface area contributed by atoms with Gasteiger partial charge in [-0.3, -0.25) is 14.9 Å². The number of carbonyl (C=O) groups excluding carboxylic acids is 1. The molecule has 1 aromatic heterocycles. The summed E-state index contributed by atoms with van der Waals surface area (Å²) >= 11 is 0. The molecule has 2 N–H and O–H groups in total. The van der Waals surface area contributed by atoms with Gasteiger partial charge in [0.1, 0.15) is 11.7 Å². The highest BCUT2D eigenvalue weighted by Crippen LogP contribution is 2.33. The van der Waals surface area contributed by atoms with Gasteiger partial charge < -0.3 is 15.5 Å². The van der Waals surface area contributed by atoms with Gasteiger partial charge in [0.05, 0.1) is 4.92 Å². The number of aromatic nitrogens is 2. The number of nitro groups is 1. The van der Waals surface area contributed by atoms with Crippen LogP contribution in [-0.4, -0.2) is 53.3 Å². The van der Waals surface area contributed by atoms with E-state index in [0.717, 1.165) is 0 Å². The second kappa shape index (κ2) is 6.08. The zero-order valence-electron chi connectivity index (χ0n) is 12.4. The molecular formula is C12H20N6O3. The monoisotopic (exact) mass is 296 g/mol. The SMILES string of the molecule is CCc1nn(C)c(N2CCNCC2C(=O)NC)c1[N+](=O)[O-]. The van der Waals surface area contributed by atoms with Gasteiger partial charge in [-0.1, -0.05) is 6.92 Å². The van der Waals surface area contributed by atoms with Crippen LogP contribution in [0.25, 0.3) is 0 Å². The number of anilines is 1. The second-order valence-electron chi connectivity index (χ2n) is 4.88. The number of nitrogens with zero attached hydrogens (tertiary/aromatic N) is 4. The molecular weight excluding hydrogens is 276 g/mol. The Hall–Kier alpha value is -2.16. The number of hydrogen-bond donors (Lipinski definition) is 2. The van der Waals surface area contributed by atoms with Crippen LogP contribution in [0.5, 0.6) is 0 Å². The number of rotatable bonds is 4. The minimum absolute atomic E-state index is 0.00389. The smallest absolute Gasteiger partial charge is 0.334 e. The van der Waals surface area contributed by atoms with Gasteiger partial charge in [-0.2, -0.15) is 5.10 Å². The number of piperazine rings is 1. The Bertz CT molecular complexity index is 555. The average Bonchev–Trinajstić information content (AvgIpc) is 2.83. The summed E-state index contributed by atoms with van der Waals surface area (Å²) in [6, 6.07) is -0.484. The highest BCUT2D eigenvalue weighted by atomic mass is 16.6. The standard InChI is InChI=1S/C12H20N6O3/c1-4-8-10(18(20)21)12(16(3)15-8)17-6-5-14-7-9(17)11(19)13-2/h9,14H,4-7H2,1-3H3,(H,13,19).